The van der Waals surface area contributed by atoms with Crippen LogP contribution in [0.2, 0.25) is 0 Å². The molecule has 152 valence electrons. The minimum atomic E-state index is -0.637. The smallest absolute Gasteiger partial charge is 0.203 e. The predicted molar refractivity (Wildman–Crippen MR) is 117 cm³/mol. The second kappa shape index (κ2) is 9.92. The van der Waals surface area contributed by atoms with Gasteiger partial charge in [-0.2, -0.15) is 0 Å². The molecule has 3 aromatic rings. The fraction of sp³-hybridized carbons (Fsp3) is 0.409. The molecule has 2 N–H and O–H groups in total. The molecule has 1 aromatic heterocycles. The largest absolute Gasteiger partial charge is 0.387 e. The lowest BCUT2D eigenvalue weighted by atomic mass is 10.1. The molecule has 5 nitrogen and oxygen atoms in total. The summed E-state index contributed by atoms with van der Waals surface area (Å²) in [6.45, 7) is 10.4. The van der Waals surface area contributed by atoms with Crippen LogP contribution < -0.4 is 5.62 Å². The highest BCUT2D eigenvalue weighted by molar-refractivity contribution is 5.85. The first-order valence-corrected chi connectivity index (χ1v) is 9.74. The van der Waals surface area contributed by atoms with Crippen LogP contribution in [-0.4, -0.2) is 38.8 Å². The SMILES string of the molecule is CCN(CC)CCn1c(=N)n(CC(O)c2ccc(C)cc2)c2ccccc21.Cl. The average Bonchev–Trinajstić information content (AvgIpc) is 2.95. The first kappa shape index (κ1) is 22.2. The Balaban J connectivity index is 0.00000280. The van der Waals surface area contributed by atoms with E-state index < -0.39 is 6.10 Å². The normalized spacial score (nSPS) is 12.3. The van der Waals surface area contributed by atoms with Crippen molar-refractivity contribution >= 4 is 23.4 Å². The van der Waals surface area contributed by atoms with E-state index in [1.807, 2.05) is 54.0 Å². The lowest BCUT2D eigenvalue weighted by Crippen LogP contribution is -2.32. The highest BCUT2D eigenvalue weighted by atomic mass is 35.5. The van der Waals surface area contributed by atoms with E-state index in [1.165, 1.54) is 5.56 Å². The second-order valence-electron chi connectivity index (χ2n) is 7.03. The summed E-state index contributed by atoms with van der Waals surface area (Å²) in [5.74, 6) is 0. The van der Waals surface area contributed by atoms with E-state index >= 15 is 0 Å². The van der Waals surface area contributed by atoms with Crippen molar-refractivity contribution in [3.8, 4) is 0 Å². The Morgan fingerprint density at radius 1 is 0.964 bits per heavy atom. The molecule has 0 aliphatic rings. The summed E-state index contributed by atoms with van der Waals surface area (Å²) in [6, 6.07) is 16.0. The molecule has 1 heterocycles. The quantitative estimate of drug-likeness (QED) is 0.603. The van der Waals surface area contributed by atoms with Crippen molar-refractivity contribution in [2.45, 2.75) is 40.0 Å². The third-order valence-electron chi connectivity index (χ3n) is 5.33. The number of hydrogen-bond acceptors (Lipinski definition) is 3. The third kappa shape index (κ3) is 4.66. The number of aliphatic hydroxyl groups is 1. The van der Waals surface area contributed by atoms with Crippen LogP contribution in [0, 0.1) is 12.3 Å². The number of benzene rings is 2. The average molecular weight is 403 g/mol. The van der Waals surface area contributed by atoms with Gasteiger partial charge in [0.2, 0.25) is 5.62 Å². The van der Waals surface area contributed by atoms with E-state index in [1.54, 1.807) is 0 Å². The van der Waals surface area contributed by atoms with Crippen LogP contribution in [0.1, 0.15) is 31.1 Å². The number of likely N-dealkylation sites (N-methyl/N-ethyl adjacent to an activating group) is 1. The first-order valence-electron chi connectivity index (χ1n) is 9.74. The molecule has 2 aromatic carbocycles. The Kier molecular flexibility index (Phi) is 7.87. The molecule has 0 bridgehead atoms. The maximum atomic E-state index is 10.7. The Morgan fingerprint density at radius 2 is 1.54 bits per heavy atom. The van der Waals surface area contributed by atoms with Crippen molar-refractivity contribution < 1.29 is 5.11 Å². The predicted octanol–water partition coefficient (Wildman–Crippen LogP) is 3.73. The van der Waals surface area contributed by atoms with E-state index in [0.29, 0.717) is 12.2 Å². The van der Waals surface area contributed by atoms with Gasteiger partial charge in [0.25, 0.3) is 0 Å². The number of aryl methyl sites for hydroxylation is 1. The molecule has 0 radical (unpaired) electrons. The van der Waals surface area contributed by atoms with Gasteiger partial charge < -0.3 is 19.1 Å². The number of rotatable bonds is 8. The Hall–Kier alpha value is -2.08. The molecule has 0 fully saturated rings. The molecule has 0 saturated heterocycles. The van der Waals surface area contributed by atoms with Gasteiger partial charge in [-0.05, 0) is 37.7 Å². The number of nitrogens with zero attached hydrogens (tertiary/aromatic N) is 3. The van der Waals surface area contributed by atoms with E-state index in [-0.39, 0.29) is 12.4 Å². The van der Waals surface area contributed by atoms with E-state index in [2.05, 4.69) is 29.4 Å². The zero-order chi connectivity index (χ0) is 19.4. The fourth-order valence-electron chi connectivity index (χ4n) is 3.55. The third-order valence-corrected chi connectivity index (χ3v) is 5.33. The zero-order valence-corrected chi connectivity index (χ0v) is 17.7. The minimum Gasteiger partial charge on any atom is -0.387 e. The van der Waals surface area contributed by atoms with Crippen LogP contribution in [0.4, 0.5) is 0 Å². The van der Waals surface area contributed by atoms with Crippen LogP contribution in [0.3, 0.4) is 0 Å². The maximum absolute atomic E-state index is 10.7. The van der Waals surface area contributed by atoms with Gasteiger partial charge in [0.1, 0.15) is 0 Å². The molecule has 1 atom stereocenters. The summed E-state index contributed by atoms with van der Waals surface area (Å²) in [5.41, 5.74) is 4.54. The highest BCUT2D eigenvalue weighted by Crippen LogP contribution is 2.19. The highest BCUT2D eigenvalue weighted by Gasteiger charge is 2.15. The summed E-state index contributed by atoms with van der Waals surface area (Å²) in [5, 5.41) is 19.5. The monoisotopic (exact) mass is 402 g/mol. The summed E-state index contributed by atoms with van der Waals surface area (Å²) in [4.78, 5) is 2.36. The molecule has 0 aliphatic carbocycles. The number of halogens is 1. The number of fused-ring (bicyclic) bond motifs is 1. The Labute approximate surface area is 173 Å². The molecule has 0 saturated carbocycles. The van der Waals surface area contributed by atoms with Crippen molar-refractivity contribution in [1.82, 2.24) is 14.0 Å². The standard InChI is InChI=1S/C22H30N4O.ClH/c1-4-24(5-2)14-15-25-19-8-6-7-9-20(19)26(22(25)23)16-21(27)18-12-10-17(3)11-13-18;/h6-13,21,23,27H,4-5,14-16H2,1-3H3;1H. The first-order chi connectivity index (χ1) is 13.0. The van der Waals surface area contributed by atoms with E-state index in [9.17, 15) is 5.11 Å². The molecule has 28 heavy (non-hydrogen) atoms. The number of aromatic nitrogens is 2. The van der Waals surface area contributed by atoms with Crippen LogP contribution in [0.5, 0.6) is 0 Å². The number of nitrogens with one attached hydrogen (secondary N) is 1. The van der Waals surface area contributed by atoms with Gasteiger partial charge in [-0.1, -0.05) is 55.8 Å². The van der Waals surface area contributed by atoms with Gasteiger partial charge in [0.15, 0.2) is 0 Å². The van der Waals surface area contributed by atoms with Crippen LogP contribution in [0.15, 0.2) is 48.5 Å². The van der Waals surface area contributed by atoms with Crippen molar-refractivity contribution in [2.24, 2.45) is 0 Å². The molecular weight excluding hydrogens is 372 g/mol. The van der Waals surface area contributed by atoms with Crippen LogP contribution >= 0.6 is 12.4 Å². The minimum absolute atomic E-state index is 0. The lowest BCUT2D eigenvalue weighted by molar-refractivity contribution is 0.155. The fourth-order valence-corrected chi connectivity index (χ4v) is 3.55. The molecule has 3 rings (SSSR count). The Morgan fingerprint density at radius 3 is 2.11 bits per heavy atom. The van der Waals surface area contributed by atoms with Gasteiger partial charge >= 0.3 is 0 Å². The van der Waals surface area contributed by atoms with Crippen LogP contribution in [-0.2, 0) is 13.1 Å². The molecule has 0 aliphatic heterocycles. The number of hydrogen-bond donors (Lipinski definition) is 2. The van der Waals surface area contributed by atoms with Crippen molar-refractivity contribution in [1.29, 1.82) is 5.41 Å². The van der Waals surface area contributed by atoms with Gasteiger partial charge in [-0.15, -0.1) is 12.4 Å². The molecule has 0 spiro atoms. The molecular formula is C22H31ClN4O. The zero-order valence-electron chi connectivity index (χ0n) is 16.9. The lowest BCUT2D eigenvalue weighted by Gasteiger charge is -2.18. The summed E-state index contributed by atoms with van der Waals surface area (Å²) in [7, 11) is 0. The maximum Gasteiger partial charge on any atom is 0.203 e. The molecule has 1 unspecified atom stereocenters. The summed E-state index contributed by atoms with van der Waals surface area (Å²) < 4.78 is 3.97. The van der Waals surface area contributed by atoms with E-state index in [4.69, 9.17) is 5.41 Å². The second-order valence-corrected chi connectivity index (χ2v) is 7.03. The van der Waals surface area contributed by atoms with Gasteiger partial charge in [0.05, 0.1) is 23.7 Å². The molecule has 0 amide bonds. The van der Waals surface area contributed by atoms with Crippen molar-refractivity contribution in [2.75, 3.05) is 19.6 Å². The van der Waals surface area contributed by atoms with E-state index in [0.717, 1.165) is 42.8 Å². The van der Waals surface area contributed by atoms with Crippen LogP contribution in [0.25, 0.3) is 11.0 Å². The topological polar surface area (TPSA) is 57.2 Å². The number of aliphatic hydroxyl groups excluding tert-OH is 1. The van der Waals surface area contributed by atoms with Gasteiger partial charge in [-0.25, -0.2) is 0 Å². The number of para-hydroxylation sites is 2. The number of imidazole rings is 1. The summed E-state index contributed by atoms with van der Waals surface area (Å²) in [6.07, 6.45) is -0.637. The molecule has 6 heteroatoms. The van der Waals surface area contributed by atoms with Crippen molar-refractivity contribution in [3.05, 3.63) is 65.3 Å². The Bertz CT molecular complexity index is 941. The van der Waals surface area contributed by atoms with Gasteiger partial charge in [-0.3, -0.25) is 5.41 Å². The summed E-state index contributed by atoms with van der Waals surface area (Å²) >= 11 is 0. The van der Waals surface area contributed by atoms with Crippen molar-refractivity contribution in [3.63, 3.8) is 0 Å². The van der Waals surface area contributed by atoms with Gasteiger partial charge in [0, 0.05) is 13.1 Å².